The molecule has 3 rings (SSSR count). The third-order valence-electron chi connectivity index (χ3n) is 3.15. The Balaban J connectivity index is 1.78. The molecule has 2 aromatic rings. The van der Waals surface area contributed by atoms with Gasteiger partial charge in [0, 0.05) is 22.4 Å². The quantitative estimate of drug-likeness (QED) is 0.875. The first-order valence-corrected chi connectivity index (χ1v) is 7.37. The van der Waals surface area contributed by atoms with Gasteiger partial charge in [-0.1, -0.05) is 30.0 Å². The maximum atomic E-state index is 13.4. The van der Waals surface area contributed by atoms with Crippen molar-refractivity contribution in [2.75, 3.05) is 0 Å². The van der Waals surface area contributed by atoms with E-state index in [1.807, 2.05) is 24.3 Å². The topological polar surface area (TPSA) is 12.0 Å². The SMILES string of the molecule is Fc1ccc(Sc2ccccc2)c(CNC2CC2)c1. The van der Waals surface area contributed by atoms with Crippen molar-refractivity contribution < 1.29 is 4.39 Å². The second-order valence-corrected chi connectivity index (χ2v) is 5.94. The highest BCUT2D eigenvalue weighted by atomic mass is 32.2. The summed E-state index contributed by atoms with van der Waals surface area (Å²) in [5.41, 5.74) is 1.04. The Bertz CT molecular complexity index is 552. The van der Waals surface area contributed by atoms with Gasteiger partial charge < -0.3 is 5.32 Å². The van der Waals surface area contributed by atoms with E-state index in [-0.39, 0.29) is 5.82 Å². The van der Waals surface area contributed by atoms with Crippen LogP contribution in [0.5, 0.6) is 0 Å². The molecule has 0 heterocycles. The Morgan fingerprint density at radius 2 is 1.89 bits per heavy atom. The fourth-order valence-corrected chi connectivity index (χ4v) is 2.89. The minimum atomic E-state index is -0.162. The van der Waals surface area contributed by atoms with Crippen molar-refractivity contribution in [3.05, 3.63) is 59.9 Å². The molecule has 0 atom stereocenters. The minimum Gasteiger partial charge on any atom is -0.310 e. The predicted octanol–water partition coefficient (Wildman–Crippen LogP) is 4.23. The molecule has 0 saturated heterocycles. The Labute approximate surface area is 117 Å². The monoisotopic (exact) mass is 273 g/mol. The number of rotatable bonds is 5. The normalized spacial score (nSPS) is 14.6. The molecule has 0 radical (unpaired) electrons. The van der Waals surface area contributed by atoms with E-state index in [0.717, 1.165) is 17.0 Å². The van der Waals surface area contributed by atoms with E-state index in [9.17, 15) is 4.39 Å². The highest BCUT2D eigenvalue weighted by Crippen LogP contribution is 2.31. The summed E-state index contributed by atoms with van der Waals surface area (Å²) in [7, 11) is 0. The lowest BCUT2D eigenvalue weighted by Crippen LogP contribution is -2.15. The molecule has 1 saturated carbocycles. The van der Waals surface area contributed by atoms with Crippen LogP contribution in [-0.2, 0) is 6.54 Å². The number of hydrogen-bond donors (Lipinski definition) is 1. The second-order valence-electron chi connectivity index (χ2n) is 4.82. The largest absolute Gasteiger partial charge is 0.310 e. The second kappa shape index (κ2) is 5.76. The van der Waals surface area contributed by atoms with Crippen LogP contribution in [0.3, 0.4) is 0 Å². The van der Waals surface area contributed by atoms with Gasteiger partial charge in [-0.2, -0.15) is 0 Å². The van der Waals surface area contributed by atoms with E-state index < -0.39 is 0 Å². The fourth-order valence-electron chi connectivity index (χ4n) is 1.94. The van der Waals surface area contributed by atoms with Crippen molar-refractivity contribution in [2.24, 2.45) is 0 Å². The average molecular weight is 273 g/mol. The van der Waals surface area contributed by atoms with Gasteiger partial charge in [0.05, 0.1) is 0 Å². The molecular weight excluding hydrogens is 257 g/mol. The average Bonchev–Trinajstić information content (AvgIpc) is 3.24. The molecule has 1 aliphatic rings. The smallest absolute Gasteiger partial charge is 0.123 e. The minimum absolute atomic E-state index is 0.162. The molecule has 0 unspecified atom stereocenters. The summed E-state index contributed by atoms with van der Waals surface area (Å²) in [5, 5.41) is 3.45. The van der Waals surface area contributed by atoms with E-state index in [1.54, 1.807) is 17.8 Å². The van der Waals surface area contributed by atoms with Crippen LogP contribution in [0.2, 0.25) is 0 Å². The third-order valence-corrected chi connectivity index (χ3v) is 4.28. The van der Waals surface area contributed by atoms with Crippen LogP contribution >= 0.6 is 11.8 Å². The predicted molar refractivity (Wildman–Crippen MR) is 76.8 cm³/mol. The number of halogens is 1. The summed E-state index contributed by atoms with van der Waals surface area (Å²) >= 11 is 1.69. The van der Waals surface area contributed by atoms with Gasteiger partial charge in [-0.15, -0.1) is 0 Å². The summed E-state index contributed by atoms with van der Waals surface area (Å²) in [6.45, 7) is 0.748. The van der Waals surface area contributed by atoms with Crippen LogP contribution in [0.1, 0.15) is 18.4 Å². The van der Waals surface area contributed by atoms with Crippen LogP contribution in [0.25, 0.3) is 0 Å². The first kappa shape index (κ1) is 12.7. The van der Waals surface area contributed by atoms with Gasteiger partial charge in [-0.3, -0.25) is 0 Å². The van der Waals surface area contributed by atoms with Crippen LogP contribution in [-0.4, -0.2) is 6.04 Å². The zero-order chi connectivity index (χ0) is 13.1. The van der Waals surface area contributed by atoms with Crippen molar-refractivity contribution in [3.63, 3.8) is 0 Å². The molecule has 2 aromatic carbocycles. The molecule has 19 heavy (non-hydrogen) atoms. The zero-order valence-electron chi connectivity index (χ0n) is 10.6. The molecule has 98 valence electrons. The molecule has 0 aromatic heterocycles. The maximum Gasteiger partial charge on any atom is 0.123 e. The molecule has 3 heteroatoms. The van der Waals surface area contributed by atoms with E-state index >= 15 is 0 Å². The lowest BCUT2D eigenvalue weighted by molar-refractivity contribution is 0.616. The molecule has 0 spiro atoms. The highest BCUT2D eigenvalue weighted by molar-refractivity contribution is 7.99. The molecule has 1 N–H and O–H groups in total. The van der Waals surface area contributed by atoms with Crippen molar-refractivity contribution >= 4 is 11.8 Å². The van der Waals surface area contributed by atoms with Gasteiger partial charge in [0.25, 0.3) is 0 Å². The van der Waals surface area contributed by atoms with Crippen molar-refractivity contribution in [1.82, 2.24) is 5.32 Å². The first-order chi connectivity index (χ1) is 9.31. The highest BCUT2D eigenvalue weighted by Gasteiger charge is 2.20. The number of nitrogens with one attached hydrogen (secondary N) is 1. The fraction of sp³-hybridized carbons (Fsp3) is 0.250. The van der Waals surface area contributed by atoms with Gasteiger partial charge >= 0.3 is 0 Å². The van der Waals surface area contributed by atoms with Crippen molar-refractivity contribution in [1.29, 1.82) is 0 Å². The van der Waals surface area contributed by atoms with Crippen LogP contribution in [0, 0.1) is 5.82 Å². The third kappa shape index (κ3) is 3.58. The molecule has 0 aliphatic heterocycles. The number of hydrogen-bond acceptors (Lipinski definition) is 2. The maximum absolute atomic E-state index is 13.4. The van der Waals surface area contributed by atoms with Crippen LogP contribution in [0.15, 0.2) is 58.3 Å². The van der Waals surface area contributed by atoms with Crippen molar-refractivity contribution in [3.8, 4) is 0 Å². The summed E-state index contributed by atoms with van der Waals surface area (Å²) in [6, 6.07) is 15.9. The van der Waals surface area contributed by atoms with Crippen molar-refractivity contribution in [2.45, 2.75) is 35.2 Å². The van der Waals surface area contributed by atoms with Gasteiger partial charge in [0.2, 0.25) is 0 Å². The molecule has 0 bridgehead atoms. The van der Waals surface area contributed by atoms with E-state index in [2.05, 4.69) is 17.4 Å². The lowest BCUT2D eigenvalue weighted by Gasteiger charge is -2.10. The van der Waals surface area contributed by atoms with Gasteiger partial charge in [0.1, 0.15) is 5.82 Å². The van der Waals surface area contributed by atoms with Gasteiger partial charge in [0.15, 0.2) is 0 Å². The number of benzene rings is 2. The summed E-state index contributed by atoms with van der Waals surface area (Å²) in [4.78, 5) is 2.31. The van der Waals surface area contributed by atoms with Crippen LogP contribution < -0.4 is 5.32 Å². The summed E-state index contributed by atoms with van der Waals surface area (Å²) in [5.74, 6) is -0.162. The molecule has 1 fully saturated rings. The van der Waals surface area contributed by atoms with E-state index in [4.69, 9.17) is 0 Å². The standard InChI is InChI=1S/C16H16FNS/c17-13-6-9-16(19-15-4-2-1-3-5-15)12(10-13)11-18-14-7-8-14/h1-6,9-10,14,18H,7-8,11H2. The van der Waals surface area contributed by atoms with Gasteiger partial charge in [-0.05, 0) is 48.7 Å². The summed E-state index contributed by atoms with van der Waals surface area (Å²) in [6.07, 6.45) is 2.49. The molecule has 0 amide bonds. The first-order valence-electron chi connectivity index (χ1n) is 6.56. The molecule has 1 aliphatic carbocycles. The zero-order valence-corrected chi connectivity index (χ0v) is 11.4. The Morgan fingerprint density at radius 1 is 1.11 bits per heavy atom. The summed E-state index contributed by atoms with van der Waals surface area (Å²) < 4.78 is 13.4. The lowest BCUT2D eigenvalue weighted by atomic mass is 10.2. The molecular formula is C16H16FNS. The van der Waals surface area contributed by atoms with Crippen LogP contribution in [0.4, 0.5) is 4.39 Å². The van der Waals surface area contributed by atoms with E-state index in [0.29, 0.717) is 6.04 Å². The Hall–Kier alpha value is -1.32. The van der Waals surface area contributed by atoms with E-state index in [1.165, 1.54) is 23.8 Å². The van der Waals surface area contributed by atoms with Gasteiger partial charge in [-0.25, -0.2) is 4.39 Å². The Morgan fingerprint density at radius 3 is 2.63 bits per heavy atom. The Kier molecular flexibility index (Phi) is 3.85. The molecule has 1 nitrogen and oxygen atoms in total.